The first-order valence-corrected chi connectivity index (χ1v) is 17.2. The maximum atomic E-state index is 14.3. The number of benzene rings is 2. The molecule has 13 nitrogen and oxygen atoms in total. The summed E-state index contributed by atoms with van der Waals surface area (Å²) in [4.78, 5) is 61.3. The summed E-state index contributed by atoms with van der Waals surface area (Å²) < 4.78 is 32.1. The number of carbonyl (C=O) groups excluding carboxylic acids is 4. The van der Waals surface area contributed by atoms with Gasteiger partial charge in [0, 0.05) is 17.2 Å². The first-order valence-electron chi connectivity index (χ1n) is 15.7. The van der Waals surface area contributed by atoms with Gasteiger partial charge in [0.1, 0.15) is 11.6 Å². The van der Waals surface area contributed by atoms with Crippen LogP contribution in [-0.2, 0) is 19.6 Å². The Hall–Kier alpha value is -3.98. The highest BCUT2D eigenvalue weighted by Crippen LogP contribution is 2.34. The third kappa shape index (κ3) is 7.61. The number of sulfonamides is 1. The molecular weight excluding hydrogens is 626 g/mol. The Balaban J connectivity index is 1.65. The number of oxazole rings is 1. The van der Waals surface area contributed by atoms with E-state index in [4.69, 9.17) is 10.2 Å². The number of hydrogen-bond acceptors (Lipinski definition) is 11. The SMILES string of the molecule is CC(C)C(C(O)c1nc2ccccc2o1)N1CCC[C@H]1C(=O)N(C(=O)c1ccc(C(=O)NS(=O)(=O)C(C)C)cc1)C(=O)[C@@H](N)C(C)C. The van der Waals surface area contributed by atoms with Crippen LogP contribution in [0.15, 0.2) is 52.9 Å². The molecule has 0 radical (unpaired) electrons. The van der Waals surface area contributed by atoms with Crippen molar-refractivity contribution in [3.05, 3.63) is 65.5 Å². The summed E-state index contributed by atoms with van der Waals surface area (Å²) in [5, 5.41) is 10.7. The lowest BCUT2D eigenvalue weighted by atomic mass is 9.95. The van der Waals surface area contributed by atoms with Gasteiger partial charge in [0.05, 0.1) is 17.3 Å². The number of nitrogens with two attached hydrogens (primary N) is 1. The number of fused-ring (bicyclic) bond motifs is 1. The van der Waals surface area contributed by atoms with E-state index < -0.39 is 69.0 Å². The number of imide groups is 3. The van der Waals surface area contributed by atoms with E-state index in [1.54, 1.807) is 43.0 Å². The summed E-state index contributed by atoms with van der Waals surface area (Å²) in [6.45, 7) is 10.4. The third-order valence-electron chi connectivity index (χ3n) is 8.43. The molecule has 4 rings (SSSR count). The highest BCUT2D eigenvalue weighted by molar-refractivity contribution is 7.90. The fourth-order valence-electron chi connectivity index (χ4n) is 5.59. The number of para-hydroxylation sites is 2. The Labute approximate surface area is 274 Å². The first-order chi connectivity index (χ1) is 22.0. The number of amides is 4. The van der Waals surface area contributed by atoms with Crippen LogP contribution in [0.5, 0.6) is 0 Å². The van der Waals surface area contributed by atoms with E-state index in [0.717, 1.165) is 0 Å². The molecule has 2 heterocycles. The molecule has 3 aromatic rings. The van der Waals surface area contributed by atoms with Gasteiger partial charge in [-0.2, -0.15) is 0 Å². The molecule has 0 saturated carbocycles. The molecule has 2 unspecified atom stereocenters. The molecule has 1 aliphatic heterocycles. The lowest BCUT2D eigenvalue weighted by molar-refractivity contribution is -0.146. The average molecular weight is 670 g/mol. The predicted octanol–water partition coefficient (Wildman–Crippen LogP) is 3.00. The van der Waals surface area contributed by atoms with Gasteiger partial charge in [-0.3, -0.25) is 24.1 Å². The maximum Gasteiger partial charge on any atom is 0.267 e. The monoisotopic (exact) mass is 669 g/mol. The molecule has 1 saturated heterocycles. The van der Waals surface area contributed by atoms with Crippen LogP contribution in [0.1, 0.15) is 87.1 Å². The van der Waals surface area contributed by atoms with Gasteiger partial charge in [-0.1, -0.05) is 39.8 Å². The topological polar surface area (TPSA) is 193 Å². The Kier molecular flexibility index (Phi) is 11.0. The number of carbonyl (C=O) groups is 4. The quantitative estimate of drug-likeness (QED) is 0.254. The smallest absolute Gasteiger partial charge is 0.267 e. The number of likely N-dealkylation sites (tertiary alicyclic amines) is 1. The Morgan fingerprint density at radius 1 is 0.979 bits per heavy atom. The number of nitrogens with one attached hydrogen (secondary N) is 1. The van der Waals surface area contributed by atoms with Gasteiger partial charge < -0.3 is 15.3 Å². The summed E-state index contributed by atoms with van der Waals surface area (Å²) >= 11 is 0. The molecule has 1 fully saturated rings. The van der Waals surface area contributed by atoms with Gasteiger partial charge in [-0.05, 0) is 81.5 Å². The summed E-state index contributed by atoms with van der Waals surface area (Å²) in [6.07, 6.45) is -0.332. The summed E-state index contributed by atoms with van der Waals surface area (Å²) in [5.74, 6) is -3.99. The molecule has 0 spiro atoms. The molecule has 4 amide bonds. The Morgan fingerprint density at radius 3 is 2.17 bits per heavy atom. The Morgan fingerprint density at radius 2 is 1.60 bits per heavy atom. The van der Waals surface area contributed by atoms with E-state index in [1.165, 1.54) is 38.1 Å². The largest absolute Gasteiger partial charge is 0.438 e. The standard InChI is InChI=1S/C33H43N5O8S/c1-18(2)26(34)33(43)38(31(41)22-15-13-21(14-16-22)29(40)36-47(44,45)20(5)6)32(42)24-11-9-17-37(24)27(19(3)4)28(39)30-35-23-10-7-8-12-25(23)46-30/h7-8,10,12-16,18-20,24,26-28,39H,9,11,17,34H2,1-6H3,(H,36,40)/t24-,26-,27?,28?/m0/s1. The minimum atomic E-state index is -3.89. The number of aromatic nitrogens is 1. The van der Waals surface area contributed by atoms with E-state index in [0.29, 0.717) is 35.4 Å². The van der Waals surface area contributed by atoms with Crippen LogP contribution >= 0.6 is 0 Å². The predicted molar refractivity (Wildman–Crippen MR) is 174 cm³/mol. The molecule has 4 N–H and O–H groups in total. The van der Waals surface area contributed by atoms with Crippen LogP contribution in [0.2, 0.25) is 0 Å². The number of rotatable bonds is 11. The molecule has 254 valence electrons. The minimum Gasteiger partial charge on any atom is -0.438 e. The molecule has 0 aliphatic carbocycles. The van der Waals surface area contributed by atoms with Crippen molar-refractivity contribution >= 4 is 44.8 Å². The summed E-state index contributed by atoms with van der Waals surface area (Å²) in [5.41, 5.74) is 7.15. The fourth-order valence-corrected chi connectivity index (χ4v) is 6.21. The normalized spacial score (nSPS) is 17.6. The van der Waals surface area contributed by atoms with Crippen LogP contribution in [0.4, 0.5) is 0 Å². The second kappa shape index (κ2) is 14.4. The number of nitrogens with zero attached hydrogens (tertiary/aromatic N) is 3. The first kappa shape index (κ1) is 35.9. The zero-order valence-corrected chi connectivity index (χ0v) is 28.2. The number of aliphatic hydroxyl groups excluding tert-OH is 1. The van der Waals surface area contributed by atoms with E-state index in [1.807, 2.05) is 18.6 Å². The van der Waals surface area contributed by atoms with Gasteiger partial charge in [0.25, 0.3) is 23.6 Å². The van der Waals surface area contributed by atoms with Crippen LogP contribution < -0.4 is 10.5 Å². The fraction of sp³-hybridized carbons (Fsp3) is 0.485. The highest BCUT2D eigenvalue weighted by atomic mass is 32.2. The minimum absolute atomic E-state index is 0.0382. The lowest BCUT2D eigenvalue weighted by Crippen LogP contribution is -2.58. The van der Waals surface area contributed by atoms with Gasteiger partial charge >= 0.3 is 0 Å². The van der Waals surface area contributed by atoms with Gasteiger partial charge in [-0.25, -0.2) is 23.0 Å². The van der Waals surface area contributed by atoms with Crippen LogP contribution in [0, 0.1) is 11.8 Å². The molecular formula is C33H43N5O8S. The zero-order valence-electron chi connectivity index (χ0n) is 27.4. The van der Waals surface area contributed by atoms with Crippen LogP contribution in [-0.4, -0.2) is 81.9 Å². The number of hydrogen-bond donors (Lipinski definition) is 3. The maximum absolute atomic E-state index is 14.3. The van der Waals surface area contributed by atoms with Crippen molar-refractivity contribution in [2.75, 3.05) is 6.54 Å². The lowest BCUT2D eigenvalue weighted by Gasteiger charge is -2.38. The van der Waals surface area contributed by atoms with Crippen molar-refractivity contribution in [3.63, 3.8) is 0 Å². The molecule has 0 bridgehead atoms. The zero-order chi connectivity index (χ0) is 34.8. The average Bonchev–Trinajstić information content (AvgIpc) is 3.68. The van der Waals surface area contributed by atoms with E-state index in [9.17, 15) is 32.7 Å². The third-order valence-corrected chi connectivity index (χ3v) is 10.1. The van der Waals surface area contributed by atoms with Crippen molar-refractivity contribution in [1.82, 2.24) is 19.5 Å². The second-order valence-corrected chi connectivity index (χ2v) is 15.0. The van der Waals surface area contributed by atoms with Gasteiger partial charge in [0.15, 0.2) is 5.58 Å². The molecule has 14 heteroatoms. The molecule has 4 atom stereocenters. The number of aliphatic hydroxyl groups is 1. The highest BCUT2D eigenvalue weighted by Gasteiger charge is 2.46. The van der Waals surface area contributed by atoms with Crippen molar-refractivity contribution in [2.45, 2.75) is 83.9 Å². The van der Waals surface area contributed by atoms with E-state index in [2.05, 4.69) is 4.98 Å². The van der Waals surface area contributed by atoms with Crippen LogP contribution in [0.25, 0.3) is 11.1 Å². The van der Waals surface area contributed by atoms with Crippen molar-refractivity contribution < 1.29 is 37.1 Å². The van der Waals surface area contributed by atoms with Crippen LogP contribution in [0.3, 0.4) is 0 Å². The molecule has 1 aromatic heterocycles. The van der Waals surface area contributed by atoms with Gasteiger partial charge in [-0.15, -0.1) is 0 Å². The van der Waals surface area contributed by atoms with E-state index in [-0.39, 0.29) is 22.9 Å². The Bertz CT molecular complexity index is 1700. The summed E-state index contributed by atoms with van der Waals surface area (Å²) in [7, 11) is -3.89. The molecule has 47 heavy (non-hydrogen) atoms. The summed E-state index contributed by atoms with van der Waals surface area (Å²) in [6, 6.07) is 9.31. The van der Waals surface area contributed by atoms with Crippen molar-refractivity contribution in [2.24, 2.45) is 17.6 Å². The second-order valence-electron chi connectivity index (χ2n) is 12.8. The van der Waals surface area contributed by atoms with Crippen molar-refractivity contribution in [1.29, 1.82) is 0 Å². The molecule has 1 aliphatic rings. The van der Waals surface area contributed by atoms with E-state index >= 15 is 0 Å². The van der Waals surface area contributed by atoms with Crippen molar-refractivity contribution in [3.8, 4) is 0 Å². The molecule has 2 aromatic carbocycles. The van der Waals surface area contributed by atoms with Gasteiger partial charge in [0.2, 0.25) is 15.9 Å².